The van der Waals surface area contributed by atoms with Gasteiger partial charge in [-0.25, -0.2) is 9.59 Å². The summed E-state index contributed by atoms with van der Waals surface area (Å²) in [7, 11) is 0. The first kappa shape index (κ1) is 18.8. The molecule has 1 fully saturated rings. The third kappa shape index (κ3) is 8.28. The maximum absolute atomic E-state index is 11.2. The second-order valence-corrected chi connectivity index (χ2v) is 5.85. The highest BCUT2D eigenvalue weighted by Gasteiger charge is 2.32. The minimum atomic E-state index is -0.945. The molecule has 22 heavy (non-hydrogen) atoms. The number of nitrogens with zero attached hydrogens (tertiary/aromatic N) is 1. The molecule has 8 nitrogen and oxygen atoms in total. The van der Waals surface area contributed by atoms with Gasteiger partial charge in [-0.05, 0) is 19.5 Å². The van der Waals surface area contributed by atoms with Crippen molar-refractivity contribution < 1.29 is 24.3 Å². The van der Waals surface area contributed by atoms with Crippen LogP contribution in [0.15, 0.2) is 0 Å². The first-order valence-corrected chi connectivity index (χ1v) is 7.95. The molecule has 0 amide bonds. The molecule has 0 aliphatic carbocycles. The molecule has 1 saturated heterocycles. The van der Waals surface area contributed by atoms with Crippen LogP contribution in [-0.2, 0) is 9.59 Å². The highest BCUT2D eigenvalue weighted by molar-refractivity contribution is 5.70. The van der Waals surface area contributed by atoms with E-state index >= 15 is 0 Å². The van der Waals surface area contributed by atoms with Crippen LogP contribution in [0.4, 0.5) is 0 Å². The average molecular weight is 317 g/mol. The summed E-state index contributed by atoms with van der Waals surface area (Å²) in [5, 5.41) is 28.3. The van der Waals surface area contributed by atoms with E-state index in [9.17, 15) is 9.59 Å². The monoisotopic (exact) mass is 317 g/mol. The van der Waals surface area contributed by atoms with Gasteiger partial charge in [0.25, 0.3) is 0 Å². The van der Waals surface area contributed by atoms with Crippen molar-refractivity contribution >= 4 is 11.9 Å². The Balaban J connectivity index is 2.67. The second-order valence-electron chi connectivity index (χ2n) is 5.85. The lowest BCUT2D eigenvalue weighted by Crippen LogP contribution is -2.57. The van der Waals surface area contributed by atoms with Crippen LogP contribution >= 0.6 is 0 Å². The molecule has 0 radical (unpaired) electrons. The van der Waals surface area contributed by atoms with Gasteiger partial charge in [-0.15, -0.1) is 0 Å². The number of carboxylic acids is 2. The molecular formula is C14H29N4O4+. The fraction of sp³-hybridized carbons (Fsp3) is 0.857. The van der Waals surface area contributed by atoms with Gasteiger partial charge in [0.05, 0.1) is 13.1 Å². The van der Waals surface area contributed by atoms with Gasteiger partial charge in [-0.3, -0.25) is 0 Å². The van der Waals surface area contributed by atoms with E-state index in [1.807, 2.05) is 0 Å². The summed E-state index contributed by atoms with van der Waals surface area (Å²) in [5.41, 5.74) is 0. The Labute approximate surface area is 131 Å². The molecule has 5 N–H and O–H groups in total. The van der Waals surface area contributed by atoms with Crippen LogP contribution in [0.3, 0.4) is 0 Å². The Hall–Kier alpha value is -1.22. The van der Waals surface area contributed by atoms with E-state index in [-0.39, 0.29) is 17.6 Å². The number of hydrogen-bond donors (Lipinski definition) is 5. The smallest absolute Gasteiger partial charge is 0.359 e. The molecule has 0 aromatic rings. The number of rotatable bonds is 4. The van der Waals surface area contributed by atoms with Crippen molar-refractivity contribution in [3.05, 3.63) is 0 Å². The Morgan fingerprint density at radius 1 is 0.727 bits per heavy atom. The number of nitrogens with one attached hydrogen (secondary N) is 3. The molecule has 1 aliphatic rings. The minimum Gasteiger partial charge on any atom is -0.477 e. The molecule has 1 heterocycles. The number of quaternary nitrogens is 1. The lowest BCUT2D eigenvalue weighted by atomic mass is 10.2. The van der Waals surface area contributed by atoms with E-state index < -0.39 is 11.9 Å². The molecular weight excluding hydrogens is 288 g/mol. The van der Waals surface area contributed by atoms with E-state index in [1.165, 1.54) is 0 Å². The van der Waals surface area contributed by atoms with Crippen LogP contribution in [0.5, 0.6) is 0 Å². The molecule has 0 saturated carbocycles. The van der Waals surface area contributed by atoms with Gasteiger partial charge in [0.2, 0.25) is 0 Å². The van der Waals surface area contributed by atoms with Crippen LogP contribution in [0, 0.1) is 0 Å². The number of carbonyl (C=O) groups is 2. The van der Waals surface area contributed by atoms with E-state index in [1.54, 1.807) is 0 Å². The molecule has 8 heteroatoms. The topological polar surface area (TPSA) is 111 Å². The summed E-state index contributed by atoms with van der Waals surface area (Å²) >= 11 is 0. The van der Waals surface area contributed by atoms with E-state index in [2.05, 4.69) is 16.0 Å². The zero-order valence-corrected chi connectivity index (χ0v) is 13.1. The van der Waals surface area contributed by atoms with Crippen LogP contribution in [0.1, 0.15) is 12.8 Å². The number of hydrogen-bond acceptors (Lipinski definition) is 5. The van der Waals surface area contributed by atoms with Gasteiger partial charge in [-0.2, -0.15) is 0 Å². The maximum Gasteiger partial charge on any atom is 0.359 e. The summed E-state index contributed by atoms with van der Waals surface area (Å²) in [6, 6.07) is 0. The highest BCUT2D eigenvalue weighted by atomic mass is 16.4. The summed E-state index contributed by atoms with van der Waals surface area (Å²) in [5.74, 6) is -1.89. The zero-order valence-electron chi connectivity index (χ0n) is 13.1. The van der Waals surface area contributed by atoms with Crippen LogP contribution < -0.4 is 16.0 Å². The first-order valence-electron chi connectivity index (χ1n) is 7.95. The largest absolute Gasteiger partial charge is 0.477 e. The van der Waals surface area contributed by atoms with Crippen molar-refractivity contribution in [2.24, 2.45) is 0 Å². The summed E-state index contributed by atoms with van der Waals surface area (Å²) in [6.07, 6.45) is 1.76. The van der Waals surface area contributed by atoms with E-state index in [0.717, 1.165) is 45.6 Å². The molecule has 1 rings (SSSR count). The predicted molar refractivity (Wildman–Crippen MR) is 82.8 cm³/mol. The van der Waals surface area contributed by atoms with Crippen molar-refractivity contribution in [3.63, 3.8) is 0 Å². The van der Waals surface area contributed by atoms with Crippen LogP contribution in [0.25, 0.3) is 0 Å². The van der Waals surface area contributed by atoms with Gasteiger partial charge >= 0.3 is 11.9 Å². The molecule has 0 bridgehead atoms. The molecule has 0 atom stereocenters. The van der Waals surface area contributed by atoms with Crippen molar-refractivity contribution in [1.29, 1.82) is 0 Å². The fourth-order valence-electron chi connectivity index (χ4n) is 2.80. The quantitative estimate of drug-likeness (QED) is 0.403. The molecule has 0 aromatic carbocycles. The van der Waals surface area contributed by atoms with E-state index in [4.69, 9.17) is 10.2 Å². The fourth-order valence-corrected chi connectivity index (χ4v) is 2.80. The summed E-state index contributed by atoms with van der Waals surface area (Å²) in [6.45, 7) is 5.76. The predicted octanol–water partition coefficient (Wildman–Crippen LogP) is -1.46. The normalized spacial score (nSPS) is 21.6. The molecule has 1 aliphatic heterocycles. The van der Waals surface area contributed by atoms with E-state index in [0.29, 0.717) is 19.6 Å². The second kappa shape index (κ2) is 10.5. The molecule has 0 spiro atoms. The number of aliphatic carboxylic acids is 2. The third-order valence-corrected chi connectivity index (χ3v) is 3.88. The summed E-state index contributed by atoms with van der Waals surface area (Å²) < 4.78 is 0.0948. The van der Waals surface area contributed by atoms with Crippen molar-refractivity contribution in [1.82, 2.24) is 16.0 Å². The van der Waals surface area contributed by atoms with Gasteiger partial charge in [0.1, 0.15) is 0 Å². The van der Waals surface area contributed by atoms with Crippen LogP contribution in [-0.4, -0.2) is 92.1 Å². The zero-order chi connectivity index (χ0) is 16.3. The average Bonchev–Trinajstić information content (AvgIpc) is 2.42. The summed E-state index contributed by atoms with van der Waals surface area (Å²) in [4.78, 5) is 22.4. The van der Waals surface area contributed by atoms with Gasteiger partial charge in [0.15, 0.2) is 13.1 Å². The highest BCUT2D eigenvalue weighted by Crippen LogP contribution is 2.08. The first-order chi connectivity index (χ1) is 10.5. The van der Waals surface area contributed by atoms with Gasteiger partial charge in [0, 0.05) is 32.6 Å². The lowest BCUT2D eigenvalue weighted by Gasteiger charge is -2.36. The van der Waals surface area contributed by atoms with Crippen molar-refractivity contribution in [2.75, 3.05) is 65.4 Å². The van der Waals surface area contributed by atoms with Crippen molar-refractivity contribution in [2.45, 2.75) is 12.8 Å². The lowest BCUT2D eigenvalue weighted by molar-refractivity contribution is -0.913. The van der Waals surface area contributed by atoms with Crippen LogP contribution in [0.2, 0.25) is 0 Å². The maximum atomic E-state index is 11.2. The van der Waals surface area contributed by atoms with Crippen molar-refractivity contribution in [3.8, 4) is 0 Å². The molecule has 0 aromatic heterocycles. The Kier molecular flexibility index (Phi) is 8.98. The van der Waals surface area contributed by atoms with Gasteiger partial charge in [-0.1, -0.05) is 0 Å². The molecule has 0 unspecified atom stereocenters. The Bertz CT molecular complexity index is 320. The minimum absolute atomic E-state index is 0.0948. The Morgan fingerprint density at radius 3 is 1.77 bits per heavy atom. The standard InChI is InChI=1S/C14H28N4O4/c19-13(20)11-18(12-14(21)22)9-2-5-16-7-6-15-3-1-4-17-8-10-18/h15-17H,1-12H2,(H-,19,20,21,22)/p+1. The van der Waals surface area contributed by atoms with Gasteiger partial charge < -0.3 is 30.6 Å². The SMILES string of the molecule is O=C(O)C[N+]1(CC(=O)O)CCCNCCNCCCNCC1. The Morgan fingerprint density at radius 2 is 1.23 bits per heavy atom. The third-order valence-electron chi connectivity index (χ3n) is 3.88. The number of carboxylic acid groups (broad SMARTS) is 2. The molecule has 128 valence electrons.